The third kappa shape index (κ3) is 3.67. The van der Waals surface area contributed by atoms with Gasteiger partial charge in [-0.25, -0.2) is 0 Å². The van der Waals surface area contributed by atoms with E-state index in [9.17, 15) is 5.11 Å². The van der Waals surface area contributed by atoms with Gasteiger partial charge in [-0.1, -0.05) is 100 Å². The van der Waals surface area contributed by atoms with Gasteiger partial charge in [-0.2, -0.15) is 0 Å². The maximum Gasteiger partial charge on any atom is 0.122 e. The minimum absolute atomic E-state index is 0.160. The molecule has 0 saturated carbocycles. The van der Waals surface area contributed by atoms with E-state index in [0.717, 1.165) is 11.1 Å². The number of hydrogen-bond acceptors (Lipinski definition) is 1. The van der Waals surface area contributed by atoms with Crippen LogP contribution in [0.5, 0.6) is 5.75 Å². The molecule has 1 heteroatoms. The first-order chi connectivity index (χ1) is 12.5. The van der Waals surface area contributed by atoms with Gasteiger partial charge >= 0.3 is 0 Å². The van der Waals surface area contributed by atoms with Crippen molar-refractivity contribution in [2.24, 2.45) is 0 Å². The van der Waals surface area contributed by atoms with E-state index >= 15 is 0 Å². The SMILES string of the molecule is CC(C)c1cc(C(c2ccccc2)c2ccccc2)cc(C(C)C)c1O. The van der Waals surface area contributed by atoms with Gasteiger partial charge in [0.1, 0.15) is 5.75 Å². The molecule has 134 valence electrons. The first-order valence-corrected chi connectivity index (χ1v) is 9.45. The summed E-state index contributed by atoms with van der Waals surface area (Å²) in [6.07, 6.45) is 0. The molecule has 0 aromatic heterocycles. The monoisotopic (exact) mass is 344 g/mol. The highest BCUT2D eigenvalue weighted by Crippen LogP contribution is 2.40. The lowest BCUT2D eigenvalue weighted by Gasteiger charge is -2.23. The molecule has 1 nitrogen and oxygen atoms in total. The normalized spacial score (nSPS) is 11.5. The fourth-order valence-corrected chi connectivity index (χ4v) is 3.62. The fourth-order valence-electron chi connectivity index (χ4n) is 3.62. The molecule has 0 unspecified atom stereocenters. The van der Waals surface area contributed by atoms with Gasteiger partial charge in [-0.05, 0) is 39.7 Å². The smallest absolute Gasteiger partial charge is 0.122 e. The molecule has 0 aliphatic heterocycles. The van der Waals surface area contributed by atoms with Gasteiger partial charge in [0.2, 0.25) is 0 Å². The summed E-state index contributed by atoms with van der Waals surface area (Å²) >= 11 is 0. The summed E-state index contributed by atoms with van der Waals surface area (Å²) in [4.78, 5) is 0. The van der Waals surface area contributed by atoms with Crippen LogP contribution in [0.1, 0.15) is 73.3 Å². The number of hydrogen-bond donors (Lipinski definition) is 1. The number of aromatic hydroxyl groups is 1. The molecule has 0 atom stereocenters. The molecule has 0 spiro atoms. The average molecular weight is 344 g/mol. The fraction of sp³-hybridized carbons (Fsp3) is 0.280. The van der Waals surface area contributed by atoms with Crippen LogP contribution in [0.15, 0.2) is 72.8 Å². The molecule has 0 saturated heterocycles. The van der Waals surface area contributed by atoms with Gasteiger partial charge in [-0.15, -0.1) is 0 Å². The van der Waals surface area contributed by atoms with Crippen molar-refractivity contribution in [2.45, 2.75) is 45.4 Å². The predicted molar refractivity (Wildman–Crippen MR) is 110 cm³/mol. The third-order valence-electron chi connectivity index (χ3n) is 5.03. The zero-order chi connectivity index (χ0) is 18.7. The summed E-state index contributed by atoms with van der Waals surface area (Å²) in [5.74, 6) is 1.17. The second-order valence-electron chi connectivity index (χ2n) is 7.61. The molecule has 26 heavy (non-hydrogen) atoms. The minimum Gasteiger partial charge on any atom is -0.507 e. The summed E-state index contributed by atoms with van der Waals surface area (Å²) in [6, 6.07) is 25.6. The van der Waals surface area contributed by atoms with Crippen molar-refractivity contribution in [3.05, 3.63) is 101 Å². The Balaban J connectivity index is 2.25. The van der Waals surface area contributed by atoms with Crippen LogP contribution >= 0.6 is 0 Å². The standard InChI is InChI=1S/C25H28O/c1-17(2)22-15-21(16-23(18(3)4)25(22)26)24(19-11-7-5-8-12-19)20-13-9-6-10-14-20/h5-18,24,26H,1-4H3. The molecular formula is C25H28O. The molecule has 3 aromatic carbocycles. The molecule has 0 radical (unpaired) electrons. The molecule has 1 N–H and O–H groups in total. The Morgan fingerprint density at radius 2 is 0.962 bits per heavy atom. The van der Waals surface area contributed by atoms with Gasteiger partial charge in [0.25, 0.3) is 0 Å². The van der Waals surface area contributed by atoms with E-state index in [1.165, 1.54) is 16.7 Å². The van der Waals surface area contributed by atoms with Crippen LogP contribution in [0.4, 0.5) is 0 Å². The maximum absolute atomic E-state index is 10.8. The van der Waals surface area contributed by atoms with E-state index in [-0.39, 0.29) is 17.8 Å². The Bertz CT molecular complexity index is 779. The zero-order valence-corrected chi connectivity index (χ0v) is 16.1. The number of benzene rings is 3. The van der Waals surface area contributed by atoms with Crippen molar-refractivity contribution >= 4 is 0 Å². The Labute approximate surface area is 157 Å². The highest BCUT2D eigenvalue weighted by atomic mass is 16.3. The van der Waals surface area contributed by atoms with E-state index < -0.39 is 0 Å². The van der Waals surface area contributed by atoms with Gasteiger partial charge in [0.15, 0.2) is 0 Å². The summed E-state index contributed by atoms with van der Waals surface area (Å²) in [6.45, 7) is 8.57. The number of phenols is 1. The lowest BCUT2D eigenvalue weighted by Crippen LogP contribution is -2.06. The van der Waals surface area contributed by atoms with Crippen molar-refractivity contribution in [2.75, 3.05) is 0 Å². The molecule has 0 aliphatic carbocycles. The first-order valence-electron chi connectivity index (χ1n) is 9.45. The molecule has 0 bridgehead atoms. The van der Waals surface area contributed by atoms with Crippen LogP contribution in [0.25, 0.3) is 0 Å². The van der Waals surface area contributed by atoms with Gasteiger partial charge < -0.3 is 5.11 Å². The van der Waals surface area contributed by atoms with E-state index in [1.807, 2.05) is 0 Å². The predicted octanol–water partition coefficient (Wildman–Crippen LogP) is 6.82. The second kappa shape index (κ2) is 7.78. The average Bonchev–Trinajstić information content (AvgIpc) is 2.64. The van der Waals surface area contributed by atoms with Crippen LogP contribution in [-0.4, -0.2) is 5.11 Å². The summed E-state index contributed by atoms with van der Waals surface area (Å²) in [7, 11) is 0. The molecular weight excluding hydrogens is 316 g/mol. The molecule has 0 amide bonds. The van der Waals surface area contributed by atoms with Crippen molar-refractivity contribution in [1.82, 2.24) is 0 Å². The quantitative estimate of drug-likeness (QED) is 0.503. The highest BCUT2D eigenvalue weighted by Gasteiger charge is 2.22. The topological polar surface area (TPSA) is 20.2 Å². The summed E-state index contributed by atoms with van der Waals surface area (Å²) in [5, 5.41) is 10.8. The van der Waals surface area contributed by atoms with Crippen molar-refractivity contribution in [3.63, 3.8) is 0 Å². The zero-order valence-electron chi connectivity index (χ0n) is 16.1. The van der Waals surface area contributed by atoms with E-state index in [4.69, 9.17) is 0 Å². The second-order valence-corrected chi connectivity index (χ2v) is 7.61. The van der Waals surface area contributed by atoms with Crippen molar-refractivity contribution < 1.29 is 5.11 Å². The Kier molecular flexibility index (Phi) is 5.46. The number of rotatable bonds is 5. The highest BCUT2D eigenvalue weighted by molar-refractivity contribution is 5.52. The molecule has 0 aliphatic rings. The van der Waals surface area contributed by atoms with Gasteiger partial charge in [-0.3, -0.25) is 0 Å². The molecule has 0 fully saturated rings. The Hall–Kier alpha value is -2.54. The van der Waals surface area contributed by atoms with Gasteiger partial charge in [0, 0.05) is 5.92 Å². The lowest BCUT2D eigenvalue weighted by atomic mass is 9.81. The third-order valence-corrected chi connectivity index (χ3v) is 5.03. The Morgan fingerprint density at radius 3 is 1.31 bits per heavy atom. The van der Waals surface area contributed by atoms with E-state index in [1.54, 1.807) is 0 Å². The lowest BCUT2D eigenvalue weighted by molar-refractivity contribution is 0.454. The van der Waals surface area contributed by atoms with Crippen LogP contribution in [-0.2, 0) is 0 Å². The molecule has 3 rings (SSSR count). The Morgan fingerprint density at radius 1 is 0.577 bits per heavy atom. The van der Waals surface area contributed by atoms with E-state index in [2.05, 4.69) is 100 Å². The molecule has 3 aromatic rings. The number of phenolic OH excluding ortho intramolecular Hbond substituents is 1. The van der Waals surface area contributed by atoms with Crippen molar-refractivity contribution in [1.29, 1.82) is 0 Å². The maximum atomic E-state index is 10.8. The first kappa shape index (κ1) is 18.3. The molecule has 0 heterocycles. The van der Waals surface area contributed by atoms with Crippen molar-refractivity contribution in [3.8, 4) is 5.75 Å². The largest absolute Gasteiger partial charge is 0.507 e. The van der Waals surface area contributed by atoms with Crippen LogP contribution in [0.2, 0.25) is 0 Å². The van der Waals surface area contributed by atoms with Crippen LogP contribution in [0.3, 0.4) is 0 Å². The van der Waals surface area contributed by atoms with E-state index in [0.29, 0.717) is 5.75 Å². The summed E-state index contributed by atoms with van der Waals surface area (Å²) in [5.41, 5.74) is 5.85. The minimum atomic E-state index is 0.160. The van der Waals surface area contributed by atoms with Crippen LogP contribution in [0, 0.1) is 0 Å². The van der Waals surface area contributed by atoms with Gasteiger partial charge in [0.05, 0.1) is 0 Å². The summed E-state index contributed by atoms with van der Waals surface area (Å²) < 4.78 is 0. The van der Waals surface area contributed by atoms with Crippen LogP contribution < -0.4 is 0 Å².